The van der Waals surface area contributed by atoms with Crippen molar-refractivity contribution in [3.63, 3.8) is 0 Å². The molecular formula is C14H16ClN3OS. The normalized spacial score (nSPS) is 10.3. The van der Waals surface area contributed by atoms with E-state index in [9.17, 15) is 4.79 Å². The van der Waals surface area contributed by atoms with Gasteiger partial charge in [-0.05, 0) is 31.5 Å². The average molecular weight is 310 g/mol. The molecule has 0 aliphatic heterocycles. The number of aromatic nitrogens is 1. The van der Waals surface area contributed by atoms with Gasteiger partial charge in [0, 0.05) is 28.9 Å². The van der Waals surface area contributed by atoms with Gasteiger partial charge in [0.1, 0.15) is 0 Å². The summed E-state index contributed by atoms with van der Waals surface area (Å²) in [5.41, 5.74) is 2.58. The van der Waals surface area contributed by atoms with Crippen molar-refractivity contribution in [2.45, 2.75) is 20.4 Å². The van der Waals surface area contributed by atoms with Crippen LogP contribution in [0.15, 0.2) is 24.4 Å². The minimum Gasteiger partial charge on any atom is -0.380 e. The van der Waals surface area contributed by atoms with Crippen LogP contribution in [0.2, 0.25) is 4.47 Å². The SMILES string of the molecule is CCNC(=O)c1cccc(NCc2cnc(Cl)s2)c1C. The summed E-state index contributed by atoms with van der Waals surface area (Å²) in [7, 11) is 0. The molecule has 2 rings (SSSR count). The molecule has 0 saturated carbocycles. The van der Waals surface area contributed by atoms with Gasteiger partial charge < -0.3 is 10.6 Å². The quantitative estimate of drug-likeness (QED) is 0.889. The number of carbonyl (C=O) groups is 1. The summed E-state index contributed by atoms with van der Waals surface area (Å²) < 4.78 is 0.537. The van der Waals surface area contributed by atoms with Crippen LogP contribution in [0.25, 0.3) is 0 Å². The number of anilines is 1. The fraction of sp³-hybridized carbons (Fsp3) is 0.286. The summed E-state index contributed by atoms with van der Waals surface area (Å²) in [4.78, 5) is 17.0. The smallest absolute Gasteiger partial charge is 0.251 e. The Bertz CT molecular complexity index is 612. The van der Waals surface area contributed by atoms with E-state index in [1.807, 2.05) is 32.0 Å². The van der Waals surface area contributed by atoms with Crippen molar-refractivity contribution in [2.75, 3.05) is 11.9 Å². The van der Waals surface area contributed by atoms with Crippen LogP contribution >= 0.6 is 22.9 Å². The molecule has 6 heteroatoms. The second kappa shape index (κ2) is 6.72. The van der Waals surface area contributed by atoms with Crippen LogP contribution in [0.1, 0.15) is 27.7 Å². The fourth-order valence-electron chi connectivity index (χ4n) is 1.88. The molecule has 4 nitrogen and oxygen atoms in total. The van der Waals surface area contributed by atoms with Gasteiger partial charge in [0.15, 0.2) is 4.47 Å². The number of benzene rings is 1. The molecule has 0 unspecified atom stereocenters. The maximum absolute atomic E-state index is 11.9. The monoisotopic (exact) mass is 309 g/mol. The Labute approximate surface area is 127 Å². The maximum Gasteiger partial charge on any atom is 0.251 e. The molecule has 1 aromatic heterocycles. The number of nitrogens with one attached hydrogen (secondary N) is 2. The number of rotatable bonds is 5. The highest BCUT2D eigenvalue weighted by Crippen LogP contribution is 2.22. The molecule has 1 amide bonds. The first kappa shape index (κ1) is 14.8. The summed E-state index contributed by atoms with van der Waals surface area (Å²) in [6.45, 7) is 5.11. The van der Waals surface area contributed by atoms with Crippen molar-refractivity contribution in [2.24, 2.45) is 0 Å². The summed E-state index contributed by atoms with van der Waals surface area (Å²) in [5.74, 6) is -0.0468. The fourth-order valence-corrected chi connectivity index (χ4v) is 2.79. The molecule has 0 fully saturated rings. The van der Waals surface area contributed by atoms with Gasteiger partial charge >= 0.3 is 0 Å². The molecule has 2 N–H and O–H groups in total. The maximum atomic E-state index is 11.9. The van der Waals surface area contributed by atoms with Crippen molar-refractivity contribution >= 4 is 34.5 Å². The zero-order chi connectivity index (χ0) is 14.5. The Morgan fingerprint density at radius 3 is 2.90 bits per heavy atom. The molecule has 2 aromatic rings. The molecule has 0 atom stereocenters. The first-order valence-electron chi connectivity index (χ1n) is 6.33. The Morgan fingerprint density at radius 1 is 1.45 bits per heavy atom. The van der Waals surface area contributed by atoms with Crippen LogP contribution < -0.4 is 10.6 Å². The van der Waals surface area contributed by atoms with Crippen LogP contribution in [0.4, 0.5) is 5.69 Å². The number of thiazole rings is 1. The summed E-state index contributed by atoms with van der Waals surface area (Å²) >= 11 is 7.25. The molecule has 20 heavy (non-hydrogen) atoms. The van der Waals surface area contributed by atoms with Gasteiger partial charge in [0.2, 0.25) is 0 Å². The van der Waals surface area contributed by atoms with Crippen LogP contribution in [-0.2, 0) is 6.54 Å². The van der Waals surface area contributed by atoms with E-state index in [-0.39, 0.29) is 5.91 Å². The third kappa shape index (κ3) is 3.49. The van der Waals surface area contributed by atoms with E-state index in [4.69, 9.17) is 11.6 Å². The van der Waals surface area contributed by atoms with Crippen molar-refractivity contribution in [1.29, 1.82) is 0 Å². The zero-order valence-electron chi connectivity index (χ0n) is 11.4. The lowest BCUT2D eigenvalue weighted by Crippen LogP contribution is -2.23. The average Bonchev–Trinajstić information content (AvgIpc) is 2.83. The first-order valence-corrected chi connectivity index (χ1v) is 7.53. The Hall–Kier alpha value is -1.59. The lowest BCUT2D eigenvalue weighted by molar-refractivity contribution is 0.0955. The minimum absolute atomic E-state index is 0.0468. The summed E-state index contributed by atoms with van der Waals surface area (Å²) in [6, 6.07) is 5.66. The van der Waals surface area contributed by atoms with Gasteiger partial charge in [-0.3, -0.25) is 4.79 Å². The van der Waals surface area contributed by atoms with Crippen molar-refractivity contribution in [1.82, 2.24) is 10.3 Å². The Morgan fingerprint density at radius 2 is 2.25 bits per heavy atom. The molecule has 0 aliphatic carbocycles. The second-order valence-electron chi connectivity index (χ2n) is 4.27. The van der Waals surface area contributed by atoms with E-state index >= 15 is 0 Å². The molecular weight excluding hydrogens is 294 g/mol. The van der Waals surface area contributed by atoms with E-state index < -0.39 is 0 Å². The van der Waals surface area contributed by atoms with Crippen LogP contribution in [0.3, 0.4) is 0 Å². The standard InChI is InChI=1S/C14H16ClN3OS/c1-3-16-13(19)11-5-4-6-12(9(11)2)17-7-10-8-18-14(15)20-10/h4-6,8,17H,3,7H2,1-2H3,(H,16,19). The number of halogens is 1. The number of hydrogen-bond donors (Lipinski definition) is 2. The van der Waals surface area contributed by atoms with E-state index in [1.165, 1.54) is 11.3 Å². The van der Waals surface area contributed by atoms with Gasteiger partial charge in [-0.25, -0.2) is 4.98 Å². The van der Waals surface area contributed by atoms with Gasteiger partial charge in [-0.15, -0.1) is 11.3 Å². The van der Waals surface area contributed by atoms with E-state index in [0.29, 0.717) is 23.1 Å². The number of amides is 1. The lowest BCUT2D eigenvalue weighted by Gasteiger charge is -2.12. The first-order chi connectivity index (χ1) is 9.61. The van der Waals surface area contributed by atoms with Gasteiger partial charge in [0.05, 0.1) is 6.54 Å². The molecule has 0 spiro atoms. The third-order valence-corrected chi connectivity index (χ3v) is 4.01. The largest absolute Gasteiger partial charge is 0.380 e. The van der Waals surface area contributed by atoms with Gasteiger partial charge in [-0.1, -0.05) is 17.7 Å². The van der Waals surface area contributed by atoms with E-state index in [1.54, 1.807) is 6.20 Å². The number of carbonyl (C=O) groups excluding carboxylic acids is 1. The Kier molecular flexibility index (Phi) is 4.98. The summed E-state index contributed by atoms with van der Waals surface area (Å²) in [6.07, 6.45) is 1.75. The topological polar surface area (TPSA) is 54.0 Å². The zero-order valence-corrected chi connectivity index (χ0v) is 12.9. The predicted octanol–water partition coefficient (Wildman–Crippen LogP) is 3.47. The van der Waals surface area contributed by atoms with Gasteiger partial charge in [0.25, 0.3) is 5.91 Å². The highest BCUT2D eigenvalue weighted by atomic mass is 35.5. The lowest BCUT2D eigenvalue weighted by atomic mass is 10.1. The van der Waals surface area contributed by atoms with Crippen LogP contribution in [0.5, 0.6) is 0 Å². The van der Waals surface area contributed by atoms with Crippen molar-refractivity contribution in [3.8, 4) is 0 Å². The molecule has 1 heterocycles. The second-order valence-corrected chi connectivity index (χ2v) is 5.97. The molecule has 0 radical (unpaired) electrons. The minimum atomic E-state index is -0.0468. The molecule has 106 valence electrons. The molecule has 0 aliphatic rings. The van der Waals surface area contributed by atoms with Crippen LogP contribution in [0, 0.1) is 6.92 Å². The third-order valence-electron chi connectivity index (χ3n) is 2.89. The highest BCUT2D eigenvalue weighted by Gasteiger charge is 2.10. The molecule has 0 saturated heterocycles. The molecule has 0 bridgehead atoms. The Balaban J connectivity index is 2.12. The van der Waals surface area contributed by atoms with Gasteiger partial charge in [-0.2, -0.15) is 0 Å². The number of nitrogens with zero attached hydrogens (tertiary/aromatic N) is 1. The van der Waals surface area contributed by atoms with E-state index in [0.717, 1.165) is 16.1 Å². The molecule has 1 aromatic carbocycles. The van der Waals surface area contributed by atoms with Crippen molar-refractivity contribution in [3.05, 3.63) is 44.9 Å². The highest BCUT2D eigenvalue weighted by molar-refractivity contribution is 7.15. The van der Waals surface area contributed by atoms with E-state index in [2.05, 4.69) is 15.6 Å². The van der Waals surface area contributed by atoms with Crippen molar-refractivity contribution < 1.29 is 4.79 Å². The predicted molar refractivity (Wildman–Crippen MR) is 83.6 cm³/mol. The summed E-state index contributed by atoms with van der Waals surface area (Å²) in [5, 5.41) is 6.13. The number of hydrogen-bond acceptors (Lipinski definition) is 4. The van der Waals surface area contributed by atoms with Crippen LogP contribution in [-0.4, -0.2) is 17.4 Å².